The maximum atomic E-state index is 13.3. The number of rotatable bonds is 1. The number of carbonyl (C=O) groups is 2. The van der Waals surface area contributed by atoms with Gasteiger partial charge in [-0.05, 0) is 24.9 Å². The average Bonchev–Trinajstić information content (AvgIpc) is 2.90. The normalized spacial score (nSPS) is 28.5. The molecule has 0 saturated carbocycles. The Bertz CT molecular complexity index is 792. The van der Waals surface area contributed by atoms with E-state index in [0.717, 1.165) is 30.4 Å². The van der Waals surface area contributed by atoms with Crippen LogP contribution in [0.15, 0.2) is 24.3 Å². The zero-order valence-electron chi connectivity index (χ0n) is 13.6. The van der Waals surface area contributed by atoms with Crippen LogP contribution in [0.3, 0.4) is 0 Å². The van der Waals surface area contributed by atoms with E-state index in [9.17, 15) is 9.59 Å². The van der Waals surface area contributed by atoms with Gasteiger partial charge in [0.05, 0.1) is 11.3 Å². The summed E-state index contributed by atoms with van der Waals surface area (Å²) in [7, 11) is 2.08. The first-order valence-electron chi connectivity index (χ1n) is 8.46. The van der Waals surface area contributed by atoms with E-state index in [4.69, 9.17) is 0 Å². The molecule has 1 unspecified atom stereocenters. The topological polar surface area (TPSA) is 53.2 Å². The third-order valence-electron chi connectivity index (χ3n) is 5.69. The van der Waals surface area contributed by atoms with Crippen molar-refractivity contribution in [1.29, 1.82) is 0 Å². The van der Waals surface area contributed by atoms with E-state index in [1.807, 2.05) is 24.3 Å². The van der Waals surface area contributed by atoms with E-state index in [-0.39, 0.29) is 23.4 Å². The highest BCUT2D eigenvalue weighted by molar-refractivity contribution is 6.18. The number of piperidine rings is 1. The Balaban J connectivity index is 1.88. The number of fused-ring (bicyclic) bond motifs is 4. The number of nitrogens with zero attached hydrogens (tertiary/aromatic N) is 1. The van der Waals surface area contributed by atoms with Crippen LogP contribution < -0.4 is 0 Å². The van der Waals surface area contributed by atoms with Crippen LogP contribution in [0.5, 0.6) is 0 Å². The lowest BCUT2D eigenvalue weighted by molar-refractivity contribution is 0.0519. The number of aromatic amines is 1. The molecular weight excluding hydrogens is 288 g/mol. The zero-order chi connectivity index (χ0) is 16.1. The fraction of sp³-hybridized carbons (Fsp3) is 0.474. The van der Waals surface area contributed by atoms with Crippen molar-refractivity contribution in [3.63, 3.8) is 0 Å². The molecule has 2 aromatic rings. The minimum absolute atomic E-state index is 0.0666. The smallest absolute Gasteiger partial charge is 0.180 e. The van der Waals surface area contributed by atoms with E-state index < -0.39 is 0 Å². The molecule has 1 aromatic heterocycles. The second kappa shape index (κ2) is 5.31. The van der Waals surface area contributed by atoms with E-state index in [1.54, 1.807) is 0 Å². The zero-order valence-corrected chi connectivity index (χ0v) is 13.6. The molecule has 0 spiro atoms. The fourth-order valence-corrected chi connectivity index (χ4v) is 4.54. The quantitative estimate of drug-likeness (QED) is 0.880. The van der Waals surface area contributed by atoms with Gasteiger partial charge >= 0.3 is 0 Å². The summed E-state index contributed by atoms with van der Waals surface area (Å²) < 4.78 is 0. The molecule has 2 heterocycles. The molecule has 0 radical (unpaired) electrons. The van der Waals surface area contributed by atoms with E-state index in [0.29, 0.717) is 23.6 Å². The minimum Gasteiger partial charge on any atom is -0.351 e. The number of Topliss-reactive ketones (excluding diaryl/α,β-unsaturated/α-hetero) is 2. The SMILES string of the molecule is CC[C@H]1CN(C)C[C@H]2C(=O)c3c([nH]c4ccccc34)C(=O)CC12. The number of aromatic nitrogens is 1. The molecule has 0 bridgehead atoms. The van der Waals surface area contributed by atoms with E-state index in [2.05, 4.69) is 23.9 Å². The summed E-state index contributed by atoms with van der Waals surface area (Å²) >= 11 is 0. The van der Waals surface area contributed by atoms with Crippen molar-refractivity contribution in [1.82, 2.24) is 9.88 Å². The maximum Gasteiger partial charge on any atom is 0.180 e. The van der Waals surface area contributed by atoms with Crippen LogP contribution >= 0.6 is 0 Å². The molecule has 3 atom stereocenters. The number of H-pyrrole nitrogens is 1. The number of carbonyl (C=O) groups excluding carboxylic acids is 2. The van der Waals surface area contributed by atoms with Gasteiger partial charge in [0.2, 0.25) is 0 Å². The first-order chi connectivity index (χ1) is 11.1. The number of para-hydroxylation sites is 1. The van der Waals surface area contributed by atoms with Crippen LogP contribution in [-0.2, 0) is 0 Å². The standard InChI is InChI=1S/C19H22N2O2/c1-3-11-9-21(2)10-14-13(11)8-16(22)18-17(19(14)23)12-6-4-5-7-15(12)20-18/h4-7,11,13-14,20H,3,8-10H2,1-2H3/t11-,13?,14+/m0/s1. The van der Waals surface area contributed by atoms with Crippen molar-refractivity contribution in [2.75, 3.05) is 20.1 Å². The number of hydrogen-bond donors (Lipinski definition) is 1. The van der Waals surface area contributed by atoms with Crippen molar-refractivity contribution in [3.8, 4) is 0 Å². The van der Waals surface area contributed by atoms with Gasteiger partial charge in [-0.15, -0.1) is 0 Å². The van der Waals surface area contributed by atoms with Crippen molar-refractivity contribution < 1.29 is 9.59 Å². The highest BCUT2D eigenvalue weighted by Gasteiger charge is 2.44. The van der Waals surface area contributed by atoms with Gasteiger partial charge in [0, 0.05) is 36.3 Å². The third-order valence-corrected chi connectivity index (χ3v) is 5.69. The van der Waals surface area contributed by atoms with Crippen LogP contribution in [0.4, 0.5) is 0 Å². The minimum atomic E-state index is -0.0666. The molecule has 1 fully saturated rings. The molecule has 23 heavy (non-hydrogen) atoms. The monoisotopic (exact) mass is 310 g/mol. The summed E-state index contributed by atoms with van der Waals surface area (Å²) in [5.74, 6) is 0.777. The Morgan fingerprint density at radius 2 is 2.00 bits per heavy atom. The molecule has 1 saturated heterocycles. The van der Waals surface area contributed by atoms with Crippen molar-refractivity contribution in [3.05, 3.63) is 35.5 Å². The molecule has 0 amide bonds. The van der Waals surface area contributed by atoms with Gasteiger partial charge in [0.15, 0.2) is 11.6 Å². The summed E-state index contributed by atoms with van der Waals surface area (Å²) in [6.07, 6.45) is 1.50. The number of likely N-dealkylation sites (tertiary alicyclic amines) is 1. The predicted octanol–water partition coefficient (Wildman–Crippen LogP) is 3.14. The molecule has 4 rings (SSSR count). The Morgan fingerprint density at radius 1 is 1.22 bits per heavy atom. The third kappa shape index (κ3) is 2.16. The van der Waals surface area contributed by atoms with Crippen LogP contribution in [0, 0.1) is 17.8 Å². The second-order valence-corrected chi connectivity index (χ2v) is 7.07. The van der Waals surface area contributed by atoms with Gasteiger partial charge in [0.25, 0.3) is 0 Å². The predicted molar refractivity (Wildman–Crippen MR) is 89.8 cm³/mol. The molecule has 120 valence electrons. The van der Waals surface area contributed by atoms with Crippen LogP contribution in [0.2, 0.25) is 0 Å². The van der Waals surface area contributed by atoms with Gasteiger partial charge in [-0.25, -0.2) is 0 Å². The Hall–Kier alpha value is -1.94. The molecule has 1 N–H and O–H groups in total. The van der Waals surface area contributed by atoms with Gasteiger partial charge in [-0.2, -0.15) is 0 Å². The summed E-state index contributed by atoms with van der Waals surface area (Å²) in [5.41, 5.74) is 2.04. The summed E-state index contributed by atoms with van der Waals surface area (Å²) in [6, 6.07) is 7.74. The number of ketones is 2. The molecule has 4 heteroatoms. The molecule has 1 aromatic carbocycles. The highest BCUT2D eigenvalue weighted by Crippen LogP contribution is 2.40. The molecule has 1 aliphatic carbocycles. The molecule has 4 nitrogen and oxygen atoms in total. The van der Waals surface area contributed by atoms with Gasteiger partial charge in [0.1, 0.15) is 0 Å². The van der Waals surface area contributed by atoms with Crippen LogP contribution in [0.1, 0.15) is 40.6 Å². The van der Waals surface area contributed by atoms with Gasteiger partial charge < -0.3 is 9.88 Å². The van der Waals surface area contributed by atoms with Gasteiger partial charge in [-0.3, -0.25) is 9.59 Å². The van der Waals surface area contributed by atoms with Gasteiger partial charge in [-0.1, -0.05) is 31.5 Å². The average molecular weight is 310 g/mol. The van der Waals surface area contributed by atoms with Crippen molar-refractivity contribution >= 4 is 22.5 Å². The number of hydrogen-bond acceptors (Lipinski definition) is 3. The second-order valence-electron chi connectivity index (χ2n) is 7.07. The molecule has 2 aliphatic rings. The molecule has 1 aliphatic heterocycles. The summed E-state index contributed by atoms with van der Waals surface area (Å²) in [6.45, 7) is 3.90. The summed E-state index contributed by atoms with van der Waals surface area (Å²) in [5, 5.41) is 0.891. The molecular formula is C19H22N2O2. The summed E-state index contributed by atoms with van der Waals surface area (Å²) in [4.78, 5) is 31.6. The lowest BCUT2D eigenvalue weighted by Crippen LogP contribution is -2.47. The van der Waals surface area contributed by atoms with Crippen LogP contribution in [0.25, 0.3) is 10.9 Å². The lowest BCUT2D eigenvalue weighted by atomic mass is 9.73. The Kier molecular flexibility index (Phi) is 3.38. The largest absolute Gasteiger partial charge is 0.351 e. The number of nitrogens with one attached hydrogen (secondary N) is 1. The number of benzene rings is 1. The van der Waals surface area contributed by atoms with Crippen molar-refractivity contribution in [2.45, 2.75) is 19.8 Å². The lowest BCUT2D eigenvalue weighted by Gasteiger charge is -2.40. The van der Waals surface area contributed by atoms with E-state index >= 15 is 0 Å². The van der Waals surface area contributed by atoms with E-state index in [1.165, 1.54) is 0 Å². The Morgan fingerprint density at radius 3 is 2.78 bits per heavy atom. The maximum absolute atomic E-state index is 13.3. The van der Waals surface area contributed by atoms with Crippen molar-refractivity contribution in [2.24, 2.45) is 17.8 Å². The first-order valence-corrected chi connectivity index (χ1v) is 8.46. The van der Waals surface area contributed by atoms with Crippen LogP contribution in [-0.4, -0.2) is 41.6 Å². The Labute approximate surface area is 135 Å². The highest BCUT2D eigenvalue weighted by atomic mass is 16.1. The first kappa shape index (κ1) is 14.6. The fourth-order valence-electron chi connectivity index (χ4n) is 4.54.